The SMILES string of the molecule is CN1CCCCC1c1nc(-c2ccncc2)c(-c2ccc(Cl)c(Cl)c2)[nH]1. The molecule has 1 aromatic carbocycles. The third-order valence-corrected chi connectivity index (χ3v) is 5.71. The summed E-state index contributed by atoms with van der Waals surface area (Å²) in [7, 11) is 2.16. The number of H-pyrrole nitrogens is 1. The van der Waals surface area contributed by atoms with Crippen molar-refractivity contribution < 1.29 is 0 Å². The van der Waals surface area contributed by atoms with Crippen molar-refractivity contribution in [3.63, 3.8) is 0 Å². The highest BCUT2D eigenvalue weighted by Gasteiger charge is 2.25. The number of nitrogens with one attached hydrogen (secondary N) is 1. The Bertz CT molecular complexity index is 907. The highest BCUT2D eigenvalue weighted by atomic mass is 35.5. The van der Waals surface area contributed by atoms with Crippen molar-refractivity contribution in [2.75, 3.05) is 13.6 Å². The first-order chi connectivity index (χ1) is 12.6. The number of benzene rings is 1. The summed E-state index contributed by atoms with van der Waals surface area (Å²) in [5.74, 6) is 1.00. The first-order valence-electron chi connectivity index (χ1n) is 8.79. The zero-order chi connectivity index (χ0) is 18.1. The van der Waals surface area contributed by atoms with Gasteiger partial charge in [-0.05, 0) is 50.7 Å². The molecular weight excluding hydrogens is 367 g/mol. The number of imidazole rings is 1. The molecule has 26 heavy (non-hydrogen) atoms. The molecule has 1 aliphatic rings. The number of aromatic amines is 1. The lowest BCUT2D eigenvalue weighted by Crippen LogP contribution is -2.30. The summed E-state index contributed by atoms with van der Waals surface area (Å²) in [5, 5.41) is 1.09. The quantitative estimate of drug-likeness (QED) is 0.636. The van der Waals surface area contributed by atoms with E-state index in [4.69, 9.17) is 28.2 Å². The molecule has 1 aliphatic heterocycles. The van der Waals surface area contributed by atoms with E-state index < -0.39 is 0 Å². The third kappa shape index (κ3) is 3.37. The van der Waals surface area contributed by atoms with Crippen LogP contribution in [-0.4, -0.2) is 33.4 Å². The molecule has 1 unspecified atom stereocenters. The Hall–Kier alpha value is -1.88. The molecule has 3 heterocycles. The van der Waals surface area contributed by atoms with Gasteiger partial charge in [0, 0.05) is 23.5 Å². The minimum Gasteiger partial charge on any atom is -0.340 e. The van der Waals surface area contributed by atoms with E-state index in [2.05, 4.69) is 21.9 Å². The van der Waals surface area contributed by atoms with Gasteiger partial charge in [-0.15, -0.1) is 0 Å². The summed E-state index contributed by atoms with van der Waals surface area (Å²) < 4.78 is 0. The molecule has 4 nitrogen and oxygen atoms in total. The van der Waals surface area contributed by atoms with Gasteiger partial charge in [-0.2, -0.15) is 0 Å². The fourth-order valence-corrected chi connectivity index (χ4v) is 3.85. The van der Waals surface area contributed by atoms with Gasteiger partial charge in [0.1, 0.15) is 5.82 Å². The number of rotatable bonds is 3. The maximum atomic E-state index is 6.26. The first kappa shape index (κ1) is 17.5. The average Bonchev–Trinajstić information content (AvgIpc) is 3.10. The monoisotopic (exact) mass is 386 g/mol. The standard InChI is InChI=1S/C20H20Cl2N4/c1-26-11-3-2-4-17(26)20-24-18(13-7-9-23-10-8-13)19(25-20)14-5-6-15(21)16(22)12-14/h5-10,12,17H,2-4,11H2,1H3,(H,24,25). The first-order valence-corrected chi connectivity index (χ1v) is 9.55. The van der Waals surface area contributed by atoms with Gasteiger partial charge >= 0.3 is 0 Å². The molecule has 3 aromatic rings. The third-order valence-electron chi connectivity index (χ3n) is 4.97. The molecule has 0 radical (unpaired) electrons. The Kier molecular flexibility index (Phi) is 4.98. The van der Waals surface area contributed by atoms with Crippen LogP contribution >= 0.6 is 23.2 Å². The number of aromatic nitrogens is 3. The van der Waals surface area contributed by atoms with Gasteiger partial charge in [0.25, 0.3) is 0 Å². The average molecular weight is 387 g/mol. The number of hydrogen-bond acceptors (Lipinski definition) is 3. The molecule has 0 bridgehead atoms. The van der Waals surface area contributed by atoms with Crippen molar-refractivity contribution in [2.45, 2.75) is 25.3 Å². The van der Waals surface area contributed by atoms with E-state index in [-0.39, 0.29) is 0 Å². The second-order valence-electron chi connectivity index (χ2n) is 6.70. The number of halogens is 2. The molecule has 1 fully saturated rings. The summed E-state index contributed by atoms with van der Waals surface area (Å²) in [6.07, 6.45) is 7.15. The fraction of sp³-hybridized carbons (Fsp3) is 0.300. The Balaban J connectivity index is 1.84. The van der Waals surface area contributed by atoms with E-state index >= 15 is 0 Å². The number of hydrogen-bond donors (Lipinski definition) is 1. The Morgan fingerprint density at radius 2 is 1.85 bits per heavy atom. The van der Waals surface area contributed by atoms with E-state index in [1.807, 2.05) is 30.3 Å². The Labute approximate surface area is 163 Å². The molecule has 0 spiro atoms. The van der Waals surface area contributed by atoms with Gasteiger partial charge in [-0.3, -0.25) is 9.88 Å². The van der Waals surface area contributed by atoms with Crippen molar-refractivity contribution in [1.82, 2.24) is 19.9 Å². The summed E-state index contributed by atoms with van der Waals surface area (Å²) in [6, 6.07) is 9.94. The largest absolute Gasteiger partial charge is 0.340 e. The van der Waals surface area contributed by atoms with E-state index in [0.29, 0.717) is 16.1 Å². The van der Waals surface area contributed by atoms with Crippen LogP contribution in [0.3, 0.4) is 0 Å². The molecule has 1 atom stereocenters. The molecule has 134 valence electrons. The molecule has 4 rings (SSSR count). The summed E-state index contributed by atoms with van der Waals surface area (Å²) in [4.78, 5) is 15.0. The van der Waals surface area contributed by atoms with Crippen molar-refractivity contribution in [2.24, 2.45) is 0 Å². The summed E-state index contributed by atoms with van der Waals surface area (Å²) in [5.41, 5.74) is 3.88. The Morgan fingerprint density at radius 3 is 2.58 bits per heavy atom. The van der Waals surface area contributed by atoms with Crippen LogP contribution in [0.2, 0.25) is 10.0 Å². The predicted molar refractivity (Wildman–Crippen MR) is 106 cm³/mol. The van der Waals surface area contributed by atoms with E-state index in [1.165, 1.54) is 12.8 Å². The van der Waals surface area contributed by atoms with E-state index in [1.54, 1.807) is 12.4 Å². The van der Waals surface area contributed by atoms with Crippen LogP contribution in [-0.2, 0) is 0 Å². The van der Waals surface area contributed by atoms with Crippen LogP contribution < -0.4 is 0 Å². The van der Waals surface area contributed by atoms with Crippen molar-refractivity contribution >= 4 is 23.2 Å². The topological polar surface area (TPSA) is 44.8 Å². The lowest BCUT2D eigenvalue weighted by atomic mass is 10.0. The number of nitrogens with zero attached hydrogens (tertiary/aromatic N) is 3. The maximum absolute atomic E-state index is 6.26. The van der Waals surface area contributed by atoms with Crippen LogP contribution in [0.5, 0.6) is 0 Å². The predicted octanol–water partition coefficient (Wildman–Crippen LogP) is 5.60. The van der Waals surface area contributed by atoms with Gasteiger partial charge in [-0.25, -0.2) is 4.98 Å². The van der Waals surface area contributed by atoms with E-state index in [9.17, 15) is 0 Å². The highest BCUT2D eigenvalue weighted by Crippen LogP contribution is 2.36. The lowest BCUT2D eigenvalue weighted by molar-refractivity contribution is 0.180. The van der Waals surface area contributed by atoms with Crippen LogP contribution in [0, 0.1) is 0 Å². The summed E-state index contributed by atoms with van der Waals surface area (Å²) in [6.45, 7) is 1.10. The molecule has 6 heteroatoms. The Morgan fingerprint density at radius 1 is 1.04 bits per heavy atom. The smallest absolute Gasteiger partial charge is 0.124 e. The number of likely N-dealkylation sites (tertiary alicyclic amines) is 1. The zero-order valence-corrected chi connectivity index (χ0v) is 16.1. The van der Waals surface area contributed by atoms with Gasteiger partial charge in [-0.1, -0.05) is 35.7 Å². The molecule has 1 N–H and O–H groups in total. The van der Waals surface area contributed by atoms with Gasteiger partial charge in [0.15, 0.2) is 0 Å². The lowest BCUT2D eigenvalue weighted by Gasteiger charge is -2.30. The van der Waals surface area contributed by atoms with Crippen LogP contribution in [0.1, 0.15) is 31.1 Å². The van der Waals surface area contributed by atoms with E-state index in [0.717, 1.165) is 41.3 Å². The van der Waals surface area contributed by atoms with Crippen molar-refractivity contribution in [1.29, 1.82) is 0 Å². The normalized spacial score (nSPS) is 18.2. The molecule has 0 saturated carbocycles. The molecule has 2 aromatic heterocycles. The maximum Gasteiger partial charge on any atom is 0.124 e. The van der Waals surface area contributed by atoms with Gasteiger partial charge in [0.05, 0.1) is 27.5 Å². The van der Waals surface area contributed by atoms with Crippen molar-refractivity contribution in [3.8, 4) is 22.5 Å². The zero-order valence-electron chi connectivity index (χ0n) is 14.5. The second-order valence-corrected chi connectivity index (χ2v) is 7.52. The molecular formula is C20H20Cl2N4. The van der Waals surface area contributed by atoms with Crippen LogP contribution in [0.25, 0.3) is 22.5 Å². The molecule has 0 amide bonds. The van der Waals surface area contributed by atoms with Crippen molar-refractivity contribution in [3.05, 3.63) is 58.6 Å². The fourth-order valence-electron chi connectivity index (χ4n) is 3.55. The number of pyridine rings is 1. The minimum atomic E-state index is 0.306. The van der Waals surface area contributed by atoms with Crippen LogP contribution in [0.4, 0.5) is 0 Å². The minimum absolute atomic E-state index is 0.306. The summed E-state index contributed by atoms with van der Waals surface area (Å²) >= 11 is 12.4. The second kappa shape index (κ2) is 7.39. The molecule has 1 saturated heterocycles. The van der Waals surface area contributed by atoms with Gasteiger partial charge < -0.3 is 4.98 Å². The molecule has 0 aliphatic carbocycles. The number of piperidine rings is 1. The van der Waals surface area contributed by atoms with Crippen LogP contribution in [0.15, 0.2) is 42.7 Å². The highest BCUT2D eigenvalue weighted by molar-refractivity contribution is 6.42. The van der Waals surface area contributed by atoms with Gasteiger partial charge in [0.2, 0.25) is 0 Å².